The van der Waals surface area contributed by atoms with Crippen molar-refractivity contribution >= 4 is 61.2 Å². The van der Waals surface area contributed by atoms with Gasteiger partial charge < -0.3 is 10.4 Å². The number of carbonyl (C=O) groups excluding carboxylic acids is 1. The van der Waals surface area contributed by atoms with Gasteiger partial charge in [-0.2, -0.15) is 0 Å². The highest BCUT2D eigenvalue weighted by Gasteiger charge is 2.14. The Balaban J connectivity index is 2.06. The molecule has 0 radical (unpaired) electrons. The monoisotopic (exact) mass is 458 g/mol. The Morgan fingerprint density at radius 2 is 2.09 bits per heavy atom. The third-order valence-electron chi connectivity index (χ3n) is 2.86. The van der Waals surface area contributed by atoms with E-state index in [4.69, 9.17) is 5.11 Å². The van der Waals surface area contributed by atoms with Crippen LogP contribution in [0.4, 0.5) is 5.69 Å². The summed E-state index contributed by atoms with van der Waals surface area (Å²) in [7, 11) is 0. The Morgan fingerprint density at radius 3 is 2.74 bits per heavy atom. The smallest absolute Gasteiger partial charge is 0.338 e. The van der Waals surface area contributed by atoms with Gasteiger partial charge in [-0.25, -0.2) is 9.78 Å². The maximum Gasteiger partial charge on any atom is 0.338 e. The van der Waals surface area contributed by atoms with Gasteiger partial charge in [0.25, 0.3) is 0 Å². The molecule has 2 N–H and O–H groups in total. The van der Waals surface area contributed by atoms with Crippen molar-refractivity contribution in [2.24, 2.45) is 0 Å². The van der Waals surface area contributed by atoms with Gasteiger partial charge in [-0.3, -0.25) is 4.79 Å². The number of carbonyl (C=O) groups is 2. The zero-order valence-corrected chi connectivity index (χ0v) is 16.0. The molecule has 0 aliphatic rings. The summed E-state index contributed by atoms with van der Waals surface area (Å²) < 4.78 is 1.68. The molecule has 0 atom stereocenters. The number of aryl methyl sites for hydroxylation is 1. The van der Waals surface area contributed by atoms with E-state index in [-0.39, 0.29) is 17.2 Å². The van der Waals surface area contributed by atoms with Gasteiger partial charge in [0.2, 0.25) is 5.91 Å². The SMILES string of the molecule is Cc1cc(Br)cc(Br)c1NC(=O)CSc1ncccc1C(=O)O. The summed E-state index contributed by atoms with van der Waals surface area (Å²) in [4.78, 5) is 27.2. The molecule has 2 aromatic rings. The molecule has 8 heteroatoms. The molecule has 1 aromatic heterocycles. The number of benzene rings is 1. The van der Waals surface area contributed by atoms with Gasteiger partial charge in [0.15, 0.2) is 0 Å². The van der Waals surface area contributed by atoms with Crippen LogP contribution in [-0.4, -0.2) is 27.7 Å². The Morgan fingerprint density at radius 1 is 1.35 bits per heavy atom. The fourth-order valence-electron chi connectivity index (χ4n) is 1.84. The lowest BCUT2D eigenvalue weighted by Crippen LogP contribution is -2.16. The molecule has 0 saturated carbocycles. The first kappa shape index (κ1) is 18.0. The second-order valence-corrected chi connectivity index (χ2v) is 7.31. The normalized spacial score (nSPS) is 10.4. The lowest BCUT2D eigenvalue weighted by Gasteiger charge is -2.11. The number of thioether (sulfide) groups is 1. The molecule has 0 unspecified atom stereocenters. The average molecular weight is 460 g/mol. The number of nitrogens with zero attached hydrogens (tertiary/aromatic N) is 1. The van der Waals surface area contributed by atoms with E-state index >= 15 is 0 Å². The average Bonchev–Trinajstić information content (AvgIpc) is 2.49. The molecule has 120 valence electrons. The van der Waals surface area contributed by atoms with Crippen LogP contribution in [0.1, 0.15) is 15.9 Å². The standard InChI is InChI=1S/C15H12Br2N2O3S/c1-8-5-9(16)6-11(17)13(8)19-12(20)7-23-14-10(15(21)22)3-2-4-18-14/h2-6H,7H2,1H3,(H,19,20)(H,21,22). The number of halogens is 2. The second kappa shape index (κ2) is 7.94. The Bertz CT molecular complexity index is 745. The third kappa shape index (κ3) is 4.79. The molecule has 2 rings (SSSR count). The molecule has 1 aromatic carbocycles. The third-order valence-corrected chi connectivity index (χ3v) is 4.95. The largest absolute Gasteiger partial charge is 0.478 e. The number of nitrogens with one attached hydrogen (secondary N) is 1. The van der Waals surface area contributed by atoms with Gasteiger partial charge >= 0.3 is 5.97 Å². The fourth-order valence-corrected chi connectivity index (χ4v) is 4.16. The van der Waals surface area contributed by atoms with E-state index in [2.05, 4.69) is 42.2 Å². The summed E-state index contributed by atoms with van der Waals surface area (Å²) in [5.41, 5.74) is 1.69. The van der Waals surface area contributed by atoms with E-state index in [0.717, 1.165) is 26.3 Å². The number of carboxylic acid groups (broad SMARTS) is 1. The number of amides is 1. The van der Waals surface area contributed by atoms with E-state index in [0.29, 0.717) is 10.7 Å². The van der Waals surface area contributed by atoms with Crippen LogP contribution in [0.25, 0.3) is 0 Å². The van der Waals surface area contributed by atoms with Gasteiger partial charge in [0.1, 0.15) is 5.03 Å². The van der Waals surface area contributed by atoms with Crippen LogP contribution in [0.15, 0.2) is 44.4 Å². The highest BCUT2D eigenvalue weighted by atomic mass is 79.9. The molecular weight excluding hydrogens is 448 g/mol. The van der Waals surface area contributed by atoms with Crippen LogP contribution in [0, 0.1) is 6.92 Å². The van der Waals surface area contributed by atoms with Crippen molar-refractivity contribution in [3.05, 3.63) is 50.5 Å². The van der Waals surface area contributed by atoms with Crippen molar-refractivity contribution in [3.63, 3.8) is 0 Å². The van der Waals surface area contributed by atoms with Crippen molar-refractivity contribution in [1.82, 2.24) is 4.98 Å². The predicted octanol–water partition coefficient (Wildman–Crippen LogP) is 4.34. The van der Waals surface area contributed by atoms with Gasteiger partial charge in [0, 0.05) is 15.1 Å². The number of hydrogen-bond acceptors (Lipinski definition) is 4. The number of pyridine rings is 1. The van der Waals surface area contributed by atoms with Gasteiger partial charge in [0.05, 0.1) is 17.0 Å². The first-order valence-corrected chi connectivity index (χ1v) is 9.02. The summed E-state index contributed by atoms with van der Waals surface area (Å²) in [6.07, 6.45) is 1.50. The summed E-state index contributed by atoms with van der Waals surface area (Å²) in [6, 6.07) is 6.76. The highest BCUT2D eigenvalue weighted by molar-refractivity contribution is 9.11. The van der Waals surface area contributed by atoms with Gasteiger partial charge in [-0.05, 0) is 52.7 Å². The van der Waals surface area contributed by atoms with Crippen LogP contribution < -0.4 is 5.32 Å². The zero-order valence-electron chi connectivity index (χ0n) is 12.0. The van der Waals surface area contributed by atoms with E-state index in [9.17, 15) is 9.59 Å². The molecule has 0 bridgehead atoms. The zero-order chi connectivity index (χ0) is 17.0. The lowest BCUT2D eigenvalue weighted by atomic mass is 10.2. The number of aromatic nitrogens is 1. The summed E-state index contributed by atoms with van der Waals surface area (Å²) in [5, 5.41) is 12.2. The molecule has 0 fully saturated rings. The van der Waals surface area contributed by atoms with Crippen molar-refractivity contribution in [3.8, 4) is 0 Å². The summed E-state index contributed by atoms with van der Waals surface area (Å²) >= 11 is 7.89. The maximum absolute atomic E-state index is 12.1. The van der Waals surface area contributed by atoms with E-state index in [1.165, 1.54) is 12.3 Å². The number of aromatic carboxylic acids is 1. The van der Waals surface area contributed by atoms with Crippen molar-refractivity contribution in [1.29, 1.82) is 0 Å². The first-order valence-electron chi connectivity index (χ1n) is 6.45. The van der Waals surface area contributed by atoms with Crippen LogP contribution in [0.5, 0.6) is 0 Å². The number of anilines is 1. The van der Waals surface area contributed by atoms with Crippen molar-refractivity contribution < 1.29 is 14.7 Å². The molecule has 1 amide bonds. The van der Waals surface area contributed by atoms with E-state index in [1.807, 2.05) is 19.1 Å². The Labute approximate surface area is 154 Å². The number of carboxylic acids is 1. The van der Waals surface area contributed by atoms with E-state index in [1.54, 1.807) is 6.07 Å². The molecule has 23 heavy (non-hydrogen) atoms. The quantitative estimate of drug-likeness (QED) is 0.650. The highest BCUT2D eigenvalue weighted by Crippen LogP contribution is 2.30. The summed E-state index contributed by atoms with van der Waals surface area (Å²) in [6.45, 7) is 1.89. The van der Waals surface area contributed by atoms with Crippen LogP contribution in [0.2, 0.25) is 0 Å². The fraction of sp³-hybridized carbons (Fsp3) is 0.133. The molecule has 0 saturated heterocycles. The van der Waals surface area contributed by atoms with E-state index < -0.39 is 5.97 Å². The van der Waals surface area contributed by atoms with Gasteiger partial charge in [-0.15, -0.1) is 0 Å². The van der Waals surface area contributed by atoms with Crippen LogP contribution >= 0.6 is 43.6 Å². The number of rotatable bonds is 5. The second-order valence-electron chi connectivity index (χ2n) is 4.58. The molecule has 0 aliphatic heterocycles. The minimum Gasteiger partial charge on any atom is -0.478 e. The minimum atomic E-state index is -1.06. The van der Waals surface area contributed by atoms with Crippen LogP contribution in [0.3, 0.4) is 0 Å². The molecule has 0 spiro atoms. The molecule has 0 aliphatic carbocycles. The Hall–Kier alpha value is -1.38. The van der Waals surface area contributed by atoms with Gasteiger partial charge in [-0.1, -0.05) is 27.7 Å². The van der Waals surface area contributed by atoms with Crippen LogP contribution in [-0.2, 0) is 4.79 Å². The van der Waals surface area contributed by atoms with Crippen molar-refractivity contribution in [2.75, 3.05) is 11.1 Å². The molecule has 5 nitrogen and oxygen atoms in total. The molecule has 1 heterocycles. The lowest BCUT2D eigenvalue weighted by molar-refractivity contribution is -0.113. The number of hydrogen-bond donors (Lipinski definition) is 2. The minimum absolute atomic E-state index is 0.0687. The maximum atomic E-state index is 12.1. The summed E-state index contributed by atoms with van der Waals surface area (Å²) in [5.74, 6) is -1.23. The molecular formula is C15H12Br2N2O3S. The first-order chi connectivity index (χ1) is 10.9. The predicted molar refractivity (Wildman–Crippen MR) is 97.1 cm³/mol. The van der Waals surface area contributed by atoms with Crippen molar-refractivity contribution in [2.45, 2.75) is 11.9 Å². The Kier molecular flexibility index (Phi) is 6.20. The topological polar surface area (TPSA) is 79.3 Å².